The van der Waals surface area contributed by atoms with E-state index in [9.17, 15) is 9.59 Å². The third-order valence-corrected chi connectivity index (χ3v) is 5.33. The van der Waals surface area contributed by atoms with Crippen LogP contribution in [0.2, 0.25) is 0 Å². The first-order valence-corrected chi connectivity index (χ1v) is 9.05. The normalized spacial score (nSPS) is 22.4. The van der Waals surface area contributed by atoms with Crippen molar-refractivity contribution in [2.45, 2.75) is 32.4 Å². The third kappa shape index (κ3) is 3.68. The molecule has 1 aliphatic heterocycles. The number of carbonyl (C=O) groups is 2. The van der Waals surface area contributed by atoms with Gasteiger partial charge < -0.3 is 14.4 Å². The van der Waals surface area contributed by atoms with E-state index in [2.05, 4.69) is 0 Å². The molecule has 0 bridgehead atoms. The highest BCUT2D eigenvalue weighted by Crippen LogP contribution is 2.43. The molecule has 0 aromatic heterocycles. The molecule has 5 nitrogen and oxygen atoms in total. The van der Waals surface area contributed by atoms with Crippen molar-refractivity contribution >= 4 is 11.7 Å². The Labute approximate surface area is 159 Å². The van der Waals surface area contributed by atoms with E-state index < -0.39 is 0 Å². The number of Topliss-reactive ketones (excluding diaryl/α,β-unsaturated/α-hetero) is 1. The minimum Gasteiger partial charge on any atom is -0.497 e. The van der Waals surface area contributed by atoms with Gasteiger partial charge in [-0.1, -0.05) is 31.2 Å². The van der Waals surface area contributed by atoms with Crippen molar-refractivity contribution in [1.82, 2.24) is 4.90 Å². The lowest BCUT2D eigenvalue weighted by Crippen LogP contribution is -2.46. The van der Waals surface area contributed by atoms with Gasteiger partial charge in [0.25, 0.3) is 0 Å². The molecule has 0 N–H and O–H groups in total. The second-order valence-electron chi connectivity index (χ2n) is 6.89. The van der Waals surface area contributed by atoms with Crippen LogP contribution in [0.25, 0.3) is 0 Å². The maximum atomic E-state index is 12.8. The van der Waals surface area contributed by atoms with Crippen molar-refractivity contribution in [3.05, 3.63) is 59.7 Å². The number of likely N-dealkylation sites (tertiary alicyclic amines) is 1. The predicted molar refractivity (Wildman–Crippen MR) is 103 cm³/mol. The summed E-state index contributed by atoms with van der Waals surface area (Å²) < 4.78 is 10.5. The monoisotopic (exact) mass is 367 g/mol. The van der Waals surface area contributed by atoms with Gasteiger partial charge in [-0.3, -0.25) is 9.59 Å². The molecule has 1 heterocycles. The van der Waals surface area contributed by atoms with Crippen LogP contribution in [0.5, 0.6) is 11.5 Å². The van der Waals surface area contributed by atoms with Crippen LogP contribution < -0.4 is 9.47 Å². The van der Waals surface area contributed by atoms with Crippen LogP contribution in [0.4, 0.5) is 0 Å². The van der Waals surface area contributed by atoms with Crippen LogP contribution in [0.15, 0.2) is 48.5 Å². The number of ether oxygens (including phenoxy) is 2. The summed E-state index contributed by atoms with van der Waals surface area (Å²) in [6, 6.07) is 14.6. The maximum Gasteiger partial charge on any atom is 0.220 e. The van der Waals surface area contributed by atoms with Crippen LogP contribution >= 0.6 is 0 Å². The molecule has 27 heavy (non-hydrogen) atoms. The van der Waals surface area contributed by atoms with Crippen molar-refractivity contribution in [3.63, 3.8) is 0 Å². The zero-order valence-corrected chi connectivity index (χ0v) is 16.1. The lowest BCUT2D eigenvalue weighted by atomic mass is 9.80. The van der Waals surface area contributed by atoms with Gasteiger partial charge >= 0.3 is 0 Å². The second kappa shape index (κ2) is 7.82. The number of hydrogen-bond donors (Lipinski definition) is 0. The lowest BCUT2D eigenvalue weighted by Gasteiger charge is -2.45. The molecule has 1 amide bonds. The highest BCUT2D eigenvalue weighted by molar-refractivity contribution is 5.86. The van der Waals surface area contributed by atoms with E-state index in [1.165, 1.54) is 0 Å². The Morgan fingerprint density at radius 1 is 0.926 bits per heavy atom. The molecule has 142 valence electrons. The van der Waals surface area contributed by atoms with E-state index in [4.69, 9.17) is 9.47 Å². The van der Waals surface area contributed by atoms with E-state index in [1.807, 2.05) is 60.4 Å². The smallest absolute Gasteiger partial charge is 0.220 e. The molecule has 1 aliphatic rings. The number of hydrogen-bond acceptors (Lipinski definition) is 4. The minimum absolute atomic E-state index is 0.0454. The SMILES string of the molecule is COc1ccc([C@@H]2CC(=O)[C@@H](C)[C@H](c3ccc(OC)cc3)N2C(C)=O)cc1. The van der Waals surface area contributed by atoms with E-state index in [1.54, 1.807) is 21.1 Å². The van der Waals surface area contributed by atoms with Crippen LogP contribution in [-0.4, -0.2) is 30.8 Å². The average molecular weight is 367 g/mol. The van der Waals surface area contributed by atoms with Gasteiger partial charge in [-0.05, 0) is 35.4 Å². The van der Waals surface area contributed by atoms with Crippen LogP contribution in [0, 0.1) is 5.92 Å². The summed E-state index contributed by atoms with van der Waals surface area (Å²) in [6.07, 6.45) is 0.319. The molecule has 3 atom stereocenters. The van der Waals surface area contributed by atoms with Crippen molar-refractivity contribution in [3.8, 4) is 11.5 Å². The highest BCUT2D eigenvalue weighted by atomic mass is 16.5. The first-order valence-electron chi connectivity index (χ1n) is 9.05. The number of benzene rings is 2. The summed E-state index contributed by atoms with van der Waals surface area (Å²) in [5.74, 6) is 1.34. The maximum absolute atomic E-state index is 12.8. The fourth-order valence-corrected chi connectivity index (χ4v) is 3.86. The molecule has 3 rings (SSSR count). The fraction of sp³-hybridized carbons (Fsp3) is 0.364. The molecule has 5 heteroatoms. The van der Waals surface area contributed by atoms with Gasteiger partial charge in [-0.25, -0.2) is 0 Å². The molecule has 0 unspecified atom stereocenters. The number of rotatable bonds is 4. The fourth-order valence-electron chi connectivity index (χ4n) is 3.86. The average Bonchev–Trinajstić information content (AvgIpc) is 2.69. The summed E-state index contributed by atoms with van der Waals surface area (Å²) in [5.41, 5.74) is 1.87. The Hall–Kier alpha value is -2.82. The second-order valence-corrected chi connectivity index (χ2v) is 6.89. The van der Waals surface area contributed by atoms with Gasteiger partial charge in [0, 0.05) is 19.3 Å². The lowest BCUT2D eigenvalue weighted by molar-refractivity contribution is -0.144. The van der Waals surface area contributed by atoms with E-state index >= 15 is 0 Å². The summed E-state index contributed by atoms with van der Waals surface area (Å²) in [5, 5.41) is 0. The van der Waals surface area contributed by atoms with E-state index in [-0.39, 0.29) is 29.7 Å². The zero-order chi connectivity index (χ0) is 19.6. The first-order chi connectivity index (χ1) is 13.0. The third-order valence-electron chi connectivity index (χ3n) is 5.33. The molecule has 2 aromatic carbocycles. The largest absolute Gasteiger partial charge is 0.497 e. The zero-order valence-electron chi connectivity index (χ0n) is 16.1. The predicted octanol–water partition coefficient (Wildman–Crippen LogP) is 3.94. The van der Waals surface area contributed by atoms with Gasteiger partial charge in [0.1, 0.15) is 17.3 Å². The summed E-state index contributed by atoms with van der Waals surface area (Å²) in [7, 11) is 3.23. The molecule has 2 aromatic rings. The quantitative estimate of drug-likeness (QED) is 0.821. The van der Waals surface area contributed by atoms with Crippen LogP contribution in [-0.2, 0) is 9.59 Å². The Bertz CT molecular complexity index is 813. The summed E-state index contributed by atoms with van der Waals surface area (Å²) in [4.78, 5) is 27.3. The molecule has 0 saturated carbocycles. The number of nitrogens with zero attached hydrogens (tertiary/aromatic N) is 1. The number of carbonyl (C=O) groups excluding carboxylic acids is 2. The standard InChI is InChI=1S/C22H25NO4/c1-14-21(25)13-20(16-5-9-18(26-3)10-6-16)23(15(2)24)22(14)17-7-11-19(27-4)12-8-17/h5-12,14,20,22H,13H2,1-4H3/t14-,20+,22-/m1/s1. The van der Waals surface area contributed by atoms with Gasteiger partial charge in [0.15, 0.2) is 0 Å². The molecule has 0 aliphatic carbocycles. The number of ketones is 1. The summed E-state index contributed by atoms with van der Waals surface area (Å²) >= 11 is 0. The number of piperidine rings is 1. The number of methoxy groups -OCH3 is 2. The van der Waals surface area contributed by atoms with Crippen LogP contribution in [0.3, 0.4) is 0 Å². The topological polar surface area (TPSA) is 55.8 Å². The number of amides is 1. The van der Waals surface area contributed by atoms with Gasteiger partial charge in [0.2, 0.25) is 5.91 Å². The highest BCUT2D eigenvalue weighted by Gasteiger charge is 2.42. The van der Waals surface area contributed by atoms with Crippen molar-refractivity contribution < 1.29 is 19.1 Å². The van der Waals surface area contributed by atoms with Crippen molar-refractivity contribution in [2.75, 3.05) is 14.2 Å². The van der Waals surface area contributed by atoms with E-state index in [0.29, 0.717) is 6.42 Å². The molecule has 0 radical (unpaired) electrons. The Morgan fingerprint density at radius 3 is 1.85 bits per heavy atom. The van der Waals surface area contributed by atoms with Gasteiger partial charge in [-0.2, -0.15) is 0 Å². The summed E-state index contributed by atoms with van der Waals surface area (Å²) in [6.45, 7) is 3.47. The molecule has 0 spiro atoms. The molecule has 1 saturated heterocycles. The Kier molecular flexibility index (Phi) is 5.49. The van der Waals surface area contributed by atoms with E-state index in [0.717, 1.165) is 22.6 Å². The van der Waals surface area contributed by atoms with Gasteiger partial charge in [-0.15, -0.1) is 0 Å². The molecular weight excluding hydrogens is 342 g/mol. The Balaban J connectivity index is 2.03. The van der Waals surface area contributed by atoms with Crippen molar-refractivity contribution in [2.24, 2.45) is 5.92 Å². The Morgan fingerprint density at radius 2 is 1.41 bits per heavy atom. The first kappa shape index (κ1) is 19.0. The molecular formula is C22H25NO4. The van der Waals surface area contributed by atoms with Crippen molar-refractivity contribution in [1.29, 1.82) is 0 Å². The van der Waals surface area contributed by atoms with Gasteiger partial charge in [0.05, 0.1) is 26.3 Å². The minimum atomic E-state index is -0.304. The van der Waals surface area contributed by atoms with Crippen LogP contribution in [0.1, 0.15) is 43.5 Å². The molecule has 1 fully saturated rings.